The van der Waals surface area contributed by atoms with Crippen LogP contribution in [0.2, 0.25) is 0 Å². The molecule has 2 aromatic rings. The maximum absolute atomic E-state index is 12.2. The van der Waals surface area contributed by atoms with Crippen molar-refractivity contribution in [1.82, 2.24) is 20.5 Å². The largest absolute Gasteiger partial charge is 0.349 e. The van der Waals surface area contributed by atoms with Gasteiger partial charge in [0.2, 0.25) is 0 Å². The molecule has 1 aromatic carbocycles. The summed E-state index contributed by atoms with van der Waals surface area (Å²) in [7, 11) is 0. The highest BCUT2D eigenvalue weighted by Crippen LogP contribution is 2.25. The lowest BCUT2D eigenvalue weighted by molar-refractivity contribution is -0.384. The molecule has 2 N–H and O–H groups in total. The predicted molar refractivity (Wildman–Crippen MR) is 95.8 cm³/mol. The first-order chi connectivity index (χ1) is 12.1. The summed E-state index contributed by atoms with van der Waals surface area (Å²) in [6.45, 7) is 5.38. The number of hydrogen-bond donors (Lipinski definition) is 2. The summed E-state index contributed by atoms with van der Waals surface area (Å²) in [6.07, 6.45) is 0. The number of carbonyl (C=O) groups is 1. The SMILES string of the molecule is O=C(NCCN1CCNCC1)c1csc(-c2ccc([N+](=O)[O-])cc2)n1. The Bertz CT molecular complexity index is 740. The summed E-state index contributed by atoms with van der Waals surface area (Å²) < 4.78 is 0. The number of benzene rings is 1. The Morgan fingerprint density at radius 1 is 1.32 bits per heavy atom. The minimum atomic E-state index is -0.442. The van der Waals surface area contributed by atoms with Crippen LogP contribution in [-0.2, 0) is 0 Å². The minimum absolute atomic E-state index is 0.0335. The molecule has 0 saturated carbocycles. The van der Waals surface area contributed by atoms with E-state index in [4.69, 9.17) is 0 Å². The fourth-order valence-electron chi connectivity index (χ4n) is 2.59. The number of aromatic nitrogens is 1. The first-order valence-corrected chi connectivity index (χ1v) is 8.93. The predicted octanol–water partition coefficient (Wildman–Crippen LogP) is 1.35. The van der Waals surface area contributed by atoms with Gasteiger partial charge in [0.1, 0.15) is 10.7 Å². The van der Waals surface area contributed by atoms with E-state index in [0.717, 1.165) is 38.3 Å². The van der Waals surface area contributed by atoms with E-state index in [1.807, 2.05) is 0 Å². The number of amides is 1. The quantitative estimate of drug-likeness (QED) is 0.595. The highest BCUT2D eigenvalue weighted by Gasteiger charge is 2.14. The smallest absolute Gasteiger partial charge is 0.270 e. The first kappa shape index (κ1) is 17.5. The molecule has 1 aliphatic rings. The van der Waals surface area contributed by atoms with Crippen molar-refractivity contribution in [1.29, 1.82) is 0 Å². The molecular formula is C16H19N5O3S. The van der Waals surface area contributed by atoms with Gasteiger partial charge in [-0.1, -0.05) is 0 Å². The summed E-state index contributed by atoms with van der Waals surface area (Å²) in [5, 5.41) is 19.2. The maximum Gasteiger partial charge on any atom is 0.270 e. The molecule has 1 aliphatic heterocycles. The van der Waals surface area contributed by atoms with Crippen LogP contribution >= 0.6 is 11.3 Å². The van der Waals surface area contributed by atoms with E-state index >= 15 is 0 Å². The molecule has 2 heterocycles. The van der Waals surface area contributed by atoms with Gasteiger partial charge < -0.3 is 10.6 Å². The molecule has 8 nitrogen and oxygen atoms in total. The number of non-ortho nitro benzene ring substituents is 1. The molecule has 3 rings (SSSR count). The zero-order valence-corrected chi connectivity index (χ0v) is 14.4. The fourth-order valence-corrected chi connectivity index (χ4v) is 3.40. The van der Waals surface area contributed by atoms with Gasteiger partial charge in [-0.25, -0.2) is 4.98 Å². The zero-order valence-electron chi connectivity index (χ0n) is 13.6. The standard InChI is InChI=1S/C16H19N5O3S/c22-15(18-7-10-20-8-5-17-6-9-20)14-11-25-16(19-14)12-1-3-13(4-2-12)21(23)24/h1-4,11,17H,5-10H2,(H,18,22). The number of rotatable bonds is 6. The van der Waals surface area contributed by atoms with E-state index in [2.05, 4.69) is 20.5 Å². The van der Waals surface area contributed by atoms with Crippen molar-refractivity contribution < 1.29 is 9.72 Å². The van der Waals surface area contributed by atoms with Gasteiger partial charge in [0.05, 0.1) is 4.92 Å². The van der Waals surface area contributed by atoms with Crippen LogP contribution in [0.3, 0.4) is 0 Å². The first-order valence-electron chi connectivity index (χ1n) is 8.05. The molecule has 0 radical (unpaired) electrons. The van der Waals surface area contributed by atoms with Crippen LogP contribution in [-0.4, -0.2) is 60.0 Å². The lowest BCUT2D eigenvalue weighted by atomic mass is 10.2. The normalized spacial score (nSPS) is 15.0. The third kappa shape index (κ3) is 4.59. The molecule has 0 aliphatic carbocycles. The van der Waals surface area contributed by atoms with Gasteiger partial charge in [-0.2, -0.15) is 0 Å². The number of hydrogen-bond acceptors (Lipinski definition) is 7. The topological polar surface area (TPSA) is 100 Å². The average molecular weight is 361 g/mol. The van der Waals surface area contributed by atoms with Gasteiger partial charge in [0.15, 0.2) is 0 Å². The number of nitro groups is 1. The monoisotopic (exact) mass is 361 g/mol. The molecule has 132 valence electrons. The molecule has 25 heavy (non-hydrogen) atoms. The minimum Gasteiger partial charge on any atom is -0.349 e. The second kappa shape index (κ2) is 8.15. The summed E-state index contributed by atoms with van der Waals surface area (Å²) >= 11 is 1.35. The lowest BCUT2D eigenvalue weighted by Gasteiger charge is -2.26. The molecule has 0 atom stereocenters. The summed E-state index contributed by atoms with van der Waals surface area (Å²) in [4.78, 5) is 29.1. The highest BCUT2D eigenvalue weighted by atomic mass is 32.1. The Labute approximate surface area is 149 Å². The zero-order chi connectivity index (χ0) is 17.6. The number of nitrogens with one attached hydrogen (secondary N) is 2. The van der Waals surface area contributed by atoms with Crippen LogP contribution in [0, 0.1) is 10.1 Å². The maximum atomic E-state index is 12.2. The molecule has 0 spiro atoms. The molecule has 0 bridgehead atoms. The van der Waals surface area contributed by atoms with E-state index < -0.39 is 4.92 Å². The number of piperazine rings is 1. The van der Waals surface area contributed by atoms with Crippen molar-refractivity contribution in [2.75, 3.05) is 39.3 Å². The lowest BCUT2D eigenvalue weighted by Crippen LogP contribution is -2.46. The van der Waals surface area contributed by atoms with Gasteiger partial charge >= 0.3 is 0 Å². The van der Waals surface area contributed by atoms with Crippen LogP contribution in [0.4, 0.5) is 5.69 Å². The molecule has 1 fully saturated rings. The summed E-state index contributed by atoms with van der Waals surface area (Å²) in [6, 6.07) is 6.15. The van der Waals surface area contributed by atoms with Crippen LogP contribution in [0.1, 0.15) is 10.5 Å². The summed E-state index contributed by atoms with van der Waals surface area (Å²) in [5.74, 6) is -0.195. The summed E-state index contributed by atoms with van der Waals surface area (Å²) in [5.41, 5.74) is 1.17. The van der Waals surface area contributed by atoms with Gasteiger partial charge in [-0.05, 0) is 12.1 Å². The molecule has 1 aromatic heterocycles. The van der Waals surface area contributed by atoms with Crippen LogP contribution in [0.15, 0.2) is 29.6 Å². The van der Waals surface area contributed by atoms with Gasteiger partial charge in [0, 0.05) is 62.3 Å². The Kier molecular flexibility index (Phi) is 5.69. The number of carbonyl (C=O) groups excluding carboxylic acids is 1. The highest BCUT2D eigenvalue weighted by molar-refractivity contribution is 7.13. The third-order valence-corrected chi connectivity index (χ3v) is 4.88. The van der Waals surface area contributed by atoms with Crippen molar-refractivity contribution in [2.45, 2.75) is 0 Å². The Hall–Kier alpha value is -2.36. The number of nitrogens with zero attached hydrogens (tertiary/aromatic N) is 3. The molecule has 9 heteroatoms. The van der Waals surface area contributed by atoms with E-state index in [1.165, 1.54) is 23.5 Å². The Morgan fingerprint density at radius 2 is 2.04 bits per heavy atom. The number of thiazole rings is 1. The van der Waals surface area contributed by atoms with Gasteiger partial charge in [-0.3, -0.25) is 19.8 Å². The van der Waals surface area contributed by atoms with E-state index in [9.17, 15) is 14.9 Å². The van der Waals surface area contributed by atoms with Crippen molar-refractivity contribution in [3.8, 4) is 10.6 Å². The van der Waals surface area contributed by atoms with Gasteiger partial charge in [0.25, 0.3) is 11.6 Å². The van der Waals surface area contributed by atoms with Crippen LogP contribution < -0.4 is 10.6 Å². The Balaban J connectivity index is 1.54. The van der Waals surface area contributed by atoms with Crippen LogP contribution in [0.25, 0.3) is 10.6 Å². The van der Waals surface area contributed by atoms with Crippen LogP contribution in [0.5, 0.6) is 0 Å². The second-order valence-electron chi connectivity index (χ2n) is 5.69. The van der Waals surface area contributed by atoms with Crippen molar-refractivity contribution in [2.24, 2.45) is 0 Å². The third-order valence-electron chi connectivity index (χ3n) is 3.99. The molecule has 0 unspecified atom stereocenters. The van der Waals surface area contributed by atoms with Crippen molar-refractivity contribution in [3.63, 3.8) is 0 Å². The van der Waals surface area contributed by atoms with E-state index in [-0.39, 0.29) is 11.6 Å². The number of nitro benzene ring substituents is 1. The van der Waals surface area contributed by atoms with E-state index in [1.54, 1.807) is 17.5 Å². The van der Waals surface area contributed by atoms with Crippen molar-refractivity contribution in [3.05, 3.63) is 45.5 Å². The molecular weight excluding hydrogens is 342 g/mol. The van der Waals surface area contributed by atoms with Gasteiger partial charge in [-0.15, -0.1) is 11.3 Å². The van der Waals surface area contributed by atoms with E-state index in [0.29, 0.717) is 17.2 Å². The second-order valence-corrected chi connectivity index (χ2v) is 6.55. The van der Waals surface area contributed by atoms with Crippen molar-refractivity contribution >= 4 is 22.9 Å². The fraction of sp³-hybridized carbons (Fsp3) is 0.375. The Morgan fingerprint density at radius 3 is 2.72 bits per heavy atom. The average Bonchev–Trinajstić information content (AvgIpc) is 3.13. The molecule has 1 amide bonds. The molecule has 1 saturated heterocycles.